The van der Waals surface area contributed by atoms with Crippen LogP contribution < -0.4 is 4.90 Å². The van der Waals surface area contributed by atoms with Crippen LogP contribution in [0.5, 0.6) is 0 Å². The lowest BCUT2D eigenvalue weighted by molar-refractivity contribution is -0.115. The van der Waals surface area contributed by atoms with Gasteiger partial charge in [-0.25, -0.2) is 13.2 Å². The molecule has 2 nitrogen and oxygen atoms in total. The lowest BCUT2D eigenvalue weighted by atomic mass is 9.95. The molecule has 6 heteroatoms. The van der Waals surface area contributed by atoms with E-state index < -0.39 is 23.5 Å². The number of hydrogen-bond acceptors (Lipinski definition) is 2. The molecule has 0 radical (unpaired) electrons. The molecule has 1 atom stereocenters. The summed E-state index contributed by atoms with van der Waals surface area (Å²) in [6.45, 7) is 0. The van der Waals surface area contributed by atoms with Gasteiger partial charge in [0, 0.05) is 30.3 Å². The normalized spacial score (nSPS) is 17.7. The Bertz CT molecular complexity index is 783. The summed E-state index contributed by atoms with van der Waals surface area (Å²) in [5.41, 5.74) is 0.148. The minimum atomic E-state index is -1.03. The van der Waals surface area contributed by atoms with E-state index >= 15 is 0 Å². The molecule has 1 aliphatic heterocycles. The molecule has 1 heterocycles. The van der Waals surface area contributed by atoms with Gasteiger partial charge in [-0.1, -0.05) is 23.7 Å². The number of anilines is 1. The van der Waals surface area contributed by atoms with Crippen molar-refractivity contribution in [3.63, 3.8) is 0 Å². The van der Waals surface area contributed by atoms with E-state index in [1.807, 2.05) is 0 Å². The van der Waals surface area contributed by atoms with Crippen molar-refractivity contribution in [2.24, 2.45) is 0 Å². The number of carbonyl (C=O) groups is 1. The molecule has 2 aromatic rings. The SMILES string of the molecule is O=C1C=CN(c2ccccc2Cl)C(c2c(F)cc(F)cc2F)C1. The van der Waals surface area contributed by atoms with Gasteiger partial charge in [0.05, 0.1) is 16.8 Å². The summed E-state index contributed by atoms with van der Waals surface area (Å²) in [6, 6.07) is 7.02. The van der Waals surface area contributed by atoms with Gasteiger partial charge >= 0.3 is 0 Å². The predicted molar refractivity (Wildman–Crippen MR) is 81.8 cm³/mol. The van der Waals surface area contributed by atoms with Crippen LogP contribution >= 0.6 is 11.6 Å². The Morgan fingerprint density at radius 2 is 1.74 bits per heavy atom. The van der Waals surface area contributed by atoms with Crippen molar-refractivity contribution in [2.75, 3.05) is 4.90 Å². The lowest BCUT2D eigenvalue weighted by Crippen LogP contribution is -2.30. The molecule has 0 spiro atoms. The van der Waals surface area contributed by atoms with Gasteiger partial charge < -0.3 is 4.90 Å². The third-order valence-electron chi connectivity index (χ3n) is 3.66. The molecule has 0 amide bonds. The van der Waals surface area contributed by atoms with Crippen LogP contribution in [0, 0.1) is 17.5 Å². The fraction of sp³-hybridized carbons (Fsp3) is 0.118. The average Bonchev–Trinajstić information content (AvgIpc) is 2.47. The number of allylic oxidation sites excluding steroid dienone is 1. The van der Waals surface area contributed by atoms with Gasteiger partial charge in [0.1, 0.15) is 17.5 Å². The lowest BCUT2D eigenvalue weighted by Gasteiger charge is -2.34. The van der Waals surface area contributed by atoms with Crippen molar-refractivity contribution < 1.29 is 18.0 Å². The van der Waals surface area contributed by atoms with Crippen LogP contribution in [0.2, 0.25) is 5.02 Å². The summed E-state index contributed by atoms with van der Waals surface area (Å²) in [5.74, 6) is -3.35. The Labute approximate surface area is 135 Å². The maximum atomic E-state index is 14.1. The monoisotopic (exact) mass is 337 g/mol. The van der Waals surface area contributed by atoms with Crippen molar-refractivity contribution in [1.29, 1.82) is 0 Å². The zero-order valence-electron chi connectivity index (χ0n) is 11.8. The summed E-state index contributed by atoms with van der Waals surface area (Å²) in [4.78, 5) is 13.2. The summed E-state index contributed by atoms with van der Waals surface area (Å²) in [7, 11) is 0. The second-order valence-corrected chi connectivity index (χ2v) is 5.55. The molecule has 23 heavy (non-hydrogen) atoms. The minimum absolute atomic E-state index is 0.138. The number of ketones is 1. The molecule has 0 aromatic heterocycles. The molecule has 0 N–H and O–H groups in total. The van der Waals surface area contributed by atoms with Crippen molar-refractivity contribution in [1.82, 2.24) is 0 Å². The van der Waals surface area contributed by atoms with E-state index in [2.05, 4.69) is 0 Å². The van der Waals surface area contributed by atoms with E-state index in [-0.39, 0.29) is 17.8 Å². The summed E-state index contributed by atoms with van der Waals surface area (Å²) < 4.78 is 41.4. The van der Waals surface area contributed by atoms with E-state index in [4.69, 9.17) is 11.6 Å². The number of para-hydroxylation sites is 1. The van der Waals surface area contributed by atoms with Gasteiger partial charge in [-0.2, -0.15) is 0 Å². The third kappa shape index (κ3) is 2.97. The maximum Gasteiger partial charge on any atom is 0.159 e. The van der Waals surface area contributed by atoms with Crippen LogP contribution in [0.4, 0.5) is 18.9 Å². The summed E-state index contributed by atoms with van der Waals surface area (Å²) in [6.07, 6.45) is 2.61. The molecule has 118 valence electrons. The van der Waals surface area contributed by atoms with E-state index in [0.29, 0.717) is 22.8 Å². The number of carbonyl (C=O) groups excluding carboxylic acids is 1. The van der Waals surface area contributed by atoms with Crippen LogP contribution in [0.3, 0.4) is 0 Å². The number of halogens is 4. The average molecular weight is 338 g/mol. The fourth-order valence-corrected chi connectivity index (χ4v) is 2.88. The zero-order chi connectivity index (χ0) is 16.6. The smallest absolute Gasteiger partial charge is 0.159 e. The van der Waals surface area contributed by atoms with E-state index in [9.17, 15) is 18.0 Å². The van der Waals surface area contributed by atoms with Gasteiger partial charge in [-0.3, -0.25) is 4.79 Å². The van der Waals surface area contributed by atoms with Gasteiger partial charge in [0.25, 0.3) is 0 Å². The number of hydrogen-bond donors (Lipinski definition) is 0. The largest absolute Gasteiger partial charge is 0.338 e. The van der Waals surface area contributed by atoms with Crippen molar-refractivity contribution >= 4 is 23.1 Å². The number of benzene rings is 2. The molecule has 3 rings (SSSR count). The van der Waals surface area contributed by atoms with Gasteiger partial charge in [-0.15, -0.1) is 0 Å². The second kappa shape index (κ2) is 6.08. The Balaban J connectivity index is 2.14. The Morgan fingerprint density at radius 3 is 2.39 bits per heavy atom. The van der Waals surface area contributed by atoms with Crippen LogP contribution in [0.15, 0.2) is 48.7 Å². The summed E-state index contributed by atoms with van der Waals surface area (Å²) in [5, 5.41) is 0.374. The van der Waals surface area contributed by atoms with Crippen LogP contribution in [-0.2, 0) is 4.79 Å². The van der Waals surface area contributed by atoms with Crippen molar-refractivity contribution in [3.8, 4) is 0 Å². The first-order valence-corrected chi connectivity index (χ1v) is 7.23. The highest BCUT2D eigenvalue weighted by molar-refractivity contribution is 6.33. The summed E-state index contributed by atoms with van der Waals surface area (Å²) >= 11 is 6.14. The first kappa shape index (κ1) is 15.6. The highest BCUT2D eigenvalue weighted by atomic mass is 35.5. The Hall–Kier alpha value is -2.27. The topological polar surface area (TPSA) is 20.3 Å². The van der Waals surface area contributed by atoms with Gasteiger partial charge in [0.2, 0.25) is 0 Å². The Morgan fingerprint density at radius 1 is 1.09 bits per heavy atom. The minimum Gasteiger partial charge on any atom is -0.338 e. The molecule has 0 bridgehead atoms. The van der Waals surface area contributed by atoms with Crippen molar-refractivity contribution in [2.45, 2.75) is 12.5 Å². The zero-order valence-corrected chi connectivity index (χ0v) is 12.5. The molecular formula is C17H11ClF3NO. The fourth-order valence-electron chi connectivity index (χ4n) is 2.65. The molecule has 0 saturated carbocycles. The molecule has 0 saturated heterocycles. The predicted octanol–water partition coefficient (Wildman–Crippen LogP) is 4.79. The third-order valence-corrected chi connectivity index (χ3v) is 3.98. The molecule has 1 aliphatic rings. The molecule has 0 aliphatic carbocycles. The van der Waals surface area contributed by atoms with Crippen molar-refractivity contribution in [3.05, 3.63) is 76.7 Å². The number of nitrogens with zero attached hydrogens (tertiary/aromatic N) is 1. The quantitative estimate of drug-likeness (QED) is 0.785. The van der Waals surface area contributed by atoms with E-state index in [0.717, 1.165) is 0 Å². The van der Waals surface area contributed by atoms with Crippen LogP contribution in [0.1, 0.15) is 18.0 Å². The van der Waals surface area contributed by atoms with Gasteiger partial charge in [0.15, 0.2) is 5.78 Å². The first-order chi connectivity index (χ1) is 11.0. The standard InChI is InChI=1S/C17H11ClF3NO/c18-12-3-1-2-4-15(12)22-6-5-11(23)9-16(22)17-13(20)7-10(19)8-14(17)21/h1-8,16H,9H2. The Kier molecular flexibility index (Phi) is 4.13. The molecule has 0 fully saturated rings. The molecule has 1 unspecified atom stereocenters. The highest BCUT2D eigenvalue weighted by Crippen LogP contribution is 2.38. The highest BCUT2D eigenvalue weighted by Gasteiger charge is 2.31. The first-order valence-electron chi connectivity index (χ1n) is 6.85. The van der Waals surface area contributed by atoms with Crippen LogP contribution in [-0.4, -0.2) is 5.78 Å². The van der Waals surface area contributed by atoms with E-state index in [1.165, 1.54) is 17.2 Å². The van der Waals surface area contributed by atoms with Gasteiger partial charge in [-0.05, 0) is 18.2 Å². The van der Waals surface area contributed by atoms with E-state index in [1.54, 1.807) is 24.3 Å². The van der Waals surface area contributed by atoms with Crippen LogP contribution in [0.25, 0.3) is 0 Å². The maximum absolute atomic E-state index is 14.1. The molecular weight excluding hydrogens is 327 g/mol. The number of rotatable bonds is 2. The second-order valence-electron chi connectivity index (χ2n) is 5.14. The molecule has 2 aromatic carbocycles.